The van der Waals surface area contributed by atoms with E-state index in [4.69, 9.17) is 10.5 Å². The molecule has 166 valence electrons. The van der Waals surface area contributed by atoms with E-state index in [9.17, 15) is 13.2 Å². The molecule has 2 amide bonds. The van der Waals surface area contributed by atoms with E-state index in [2.05, 4.69) is 12.1 Å². The van der Waals surface area contributed by atoms with Gasteiger partial charge in [-0.2, -0.15) is 0 Å². The van der Waals surface area contributed by atoms with E-state index in [0.29, 0.717) is 19.6 Å². The predicted octanol–water partition coefficient (Wildman–Crippen LogP) is 2.23. The van der Waals surface area contributed by atoms with Gasteiger partial charge in [-0.25, -0.2) is 13.2 Å². The Morgan fingerprint density at radius 2 is 1.74 bits per heavy atom. The summed E-state index contributed by atoms with van der Waals surface area (Å²) in [5.74, 6) is 0.953. The minimum atomic E-state index is -3.04. The largest absolute Gasteiger partial charge is 0.489 e. The van der Waals surface area contributed by atoms with Gasteiger partial charge in [0.25, 0.3) is 0 Å². The van der Waals surface area contributed by atoms with Crippen LogP contribution >= 0.6 is 0 Å². The molecule has 0 aromatic heterocycles. The van der Waals surface area contributed by atoms with Gasteiger partial charge in [0.2, 0.25) is 0 Å². The first-order valence-electron chi connectivity index (χ1n) is 10.7. The summed E-state index contributed by atoms with van der Waals surface area (Å²) in [6.45, 7) is 2.00. The van der Waals surface area contributed by atoms with Crippen LogP contribution < -0.4 is 10.5 Å². The van der Waals surface area contributed by atoms with Crippen LogP contribution in [0.25, 0.3) is 0 Å². The third-order valence-electron chi connectivity index (χ3n) is 6.01. The van der Waals surface area contributed by atoms with Crippen LogP contribution in [0.2, 0.25) is 0 Å². The fraction of sp³-hybridized carbons (Fsp3) is 0.435. The number of nitrogens with zero attached hydrogens (tertiary/aromatic N) is 2. The molecule has 2 N–H and O–H groups in total. The van der Waals surface area contributed by atoms with E-state index >= 15 is 0 Å². The summed E-state index contributed by atoms with van der Waals surface area (Å²) in [5.41, 5.74) is 7.92. The Morgan fingerprint density at radius 3 is 2.45 bits per heavy atom. The zero-order valence-corrected chi connectivity index (χ0v) is 18.3. The van der Waals surface area contributed by atoms with Crippen LogP contribution in [-0.2, 0) is 16.4 Å². The molecule has 0 saturated carbocycles. The topological polar surface area (TPSA) is 92.9 Å². The second-order valence-corrected chi connectivity index (χ2v) is 10.6. The Morgan fingerprint density at radius 1 is 1.00 bits per heavy atom. The molecule has 4 rings (SSSR count). The number of hydrogen-bond donors (Lipinski definition) is 1. The molecule has 2 fully saturated rings. The summed E-state index contributed by atoms with van der Waals surface area (Å²) in [6.07, 6.45) is 0.638. The fourth-order valence-corrected chi connectivity index (χ4v) is 5.50. The van der Waals surface area contributed by atoms with Crippen molar-refractivity contribution in [3.63, 3.8) is 0 Å². The van der Waals surface area contributed by atoms with Crippen molar-refractivity contribution in [1.29, 1.82) is 0 Å². The third-order valence-corrected chi connectivity index (χ3v) is 7.61. The van der Waals surface area contributed by atoms with Gasteiger partial charge in [0.15, 0.2) is 9.84 Å². The van der Waals surface area contributed by atoms with E-state index in [-0.39, 0.29) is 42.6 Å². The van der Waals surface area contributed by atoms with Crippen molar-refractivity contribution in [1.82, 2.24) is 9.80 Å². The molecule has 8 heteroatoms. The van der Waals surface area contributed by atoms with Crippen LogP contribution in [0.15, 0.2) is 54.6 Å². The number of benzene rings is 2. The molecule has 0 aliphatic carbocycles. The summed E-state index contributed by atoms with van der Waals surface area (Å²) >= 11 is 0. The first-order valence-corrected chi connectivity index (χ1v) is 12.5. The second kappa shape index (κ2) is 9.28. The number of urea groups is 1. The van der Waals surface area contributed by atoms with Crippen LogP contribution in [-0.4, -0.2) is 68.0 Å². The summed E-state index contributed by atoms with van der Waals surface area (Å²) in [5, 5.41) is 0. The predicted molar refractivity (Wildman–Crippen MR) is 120 cm³/mol. The van der Waals surface area contributed by atoms with Gasteiger partial charge in [-0.15, -0.1) is 0 Å². The maximum Gasteiger partial charge on any atom is 0.320 e. The van der Waals surface area contributed by atoms with Crippen molar-refractivity contribution in [3.05, 3.63) is 65.7 Å². The van der Waals surface area contributed by atoms with Crippen LogP contribution in [0.3, 0.4) is 0 Å². The molecular weight excluding hydrogens is 414 g/mol. The number of carbonyl (C=O) groups is 1. The Labute approximate surface area is 183 Å². The number of sulfone groups is 1. The number of ether oxygens (including phenoxy) is 1. The van der Waals surface area contributed by atoms with Crippen molar-refractivity contribution >= 4 is 15.9 Å². The Kier molecular flexibility index (Phi) is 6.48. The normalized spacial score (nSPS) is 23.4. The number of piperidine rings is 1. The average Bonchev–Trinajstić information content (AvgIpc) is 2.79. The Hall–Kier alpha value is -2.58. The van der Waals surface area contributed by atoms with Crippen molar-refractivity contribution in [2.24, 2.45) is 5.73 Å². The quantitative estimate of drug-likeness (QED) is 0.782. The molecule has 7 nitrogen and oxygen atoms in total. The molecule has 31 heavy (non-hydrogen) atoms. The highest BCUT2D eigenvalue weighted by Crippen LogP contribution is 2.30. The number of amides is 2. The molecule has 2 aromatic carbocycles. The minimum absolute atomic E-state index is 0.0283. The molecule has 0 bridgehead atoms. The Bertz CT molecular complexity index is 998. The maximum absolute atomic E-state index is 13.2. The van der Waals surface area contributed by atoms with Crippen molar-refractivity contribution < 1.29 is 17.9 Å². The first-order chi connectivity index (χ1) is 14.9. The monoisotopic (exact) mass is 443 g/mol. The molecule has 2 saturated heterocycles. The molecule has 2 aliphatic heterocycles. The van der Waals surface area contributed by atoms with Gasteiger partial charge in [0, 0.05) is 32.1 Å². The first kappa shape index (κ1) is 21.6. The van der Waals surface area contributed by atoms with Gasteiger partial charge < -0.3 is 20.3 Å². The van der Waals surface area contributed by atoms with E-state index in [1.165, 1.54) is 5.56 Å². The van der Waals surface area contributed by atoms with Crippen molar-refractivity contribution in [2.45, 2.75) is 25.0 Å². The third kappa shape index (κ3) is 5.37. The number of hydrogen-bond acceptors (Lipinski definition) is 5. The van der Waals surface area contributed by atoms with E-state index in [1.54, 1.807) is 4.90 Å². The molecule has 2 unspecified atom stereocenters. The average molecular weight is 444 g/mol. The fourth-order valence-electron chi connectivity index (χ4n) is 4.30. The van der Waals surface area contributed by atoms with Crippen molar-refractivity contribution in [3.8, 4) is 5.75 Å². The molecular formula is C23H29N3O4S. The second-order valence-electron chi connectivity index (χ2n) is 8.26. The van der Waals surface area contributed by atoms with Gasteiger partial charge in [-0.05, 0) is 29.7 Å². The van der Waals surface area contributed by atoms with Crippen LogP contribution in [0.1, 0.15) is 23.5 Å². The Balaban J connectivity index is 1.52. The molecule has 2 aromatic rings. The summed E-state index contributed by atoms with van der Waals surface area (Å²) in [6, 6.07) is 17.8. The molecule has 0 spiro atoms. The summed E-state index contributed by atoms with van der Waals surface area (Å²) in [7, 11) is -3.04. The summed E-state index contributed by atoms with van der Waals surface area (Å²) < 4.78 is 29.8. The lowest BCUT2D eigenvalue weighted by Crippen LogP contribution is -2.55. The minimum Gasteiger partial charge on any atom is -0.489 e. The maximum atomic E-state index is 13.2. The van der Waals surface area contributed by atoms with Crippen molar-refractivity contribution in [2.75, 3.05) is 37.7 Å². The van der Waals surface area contributed by atoms with Gasteiger partial charge in [0.05, 0.1) is 18.1 Å². The van der Waals surface area contributed by atoms with E-state index in [0.717, 1.165) is 17.7 Å². The molecule has 2 heterocycles. The van der Waals surface area contributed by atoms with Gasteiger partial charge >= 0.3 is 6.03 Å². The number of carbonyl (C=O) groups excluding carboxylic acids is 1. The zero-order chi connectivity index (χ0) is 21.8. The van der Waals surface area contributed by atoms with Gasteiger partial charge in [0.1, 0.15) is 11.9 Å². The zero-order valence-electron chi connectivity index (χ0n) is 17.5. The highest BCUT2D eigenvalue weighted by atomic mass is 32.2. The van der Waals surface area contributed by atoms with Crippen LogP contribution in [0, 0.1) is 0 Å². The molecule has 0 radical (unpaired) electrons. The standard InChI is InChI=1S/C23H29N3O4S/c24-15-18-5-4-8-21(13-18)30-22-14-20(19-6-2-1-3-7-19)16-26(17-22)23(27)25-9-11-31(28,29)12-10-25/h1-8,13,20,22H,9-12,14-17,24H2. The lowest BCUT2D eigenvalue weighted by atomic mass is 9.89. The highest BCUT2D eigenvalue weighted by molar-refractivity contribution is 7.91. The number of nitrogens with two attached hydrogens (primary N) is 1. The molecule has 2 atom stereocenters. The van der Waals surface area contributed by atoms with Gasteiger partial charge in [-0.3, -0.25) is 0 Å². The lowest BCUT2D eigenvalue weighted by Gasteiger charge is -2.41. The van der Waals surface area contributed by atoms with Gasteiger partial charge in [-0.1, -0.05) is 42.5 Å². The number of rotatable bonds is 4. The molecule has 2 aliphatic rings. The summed E-state index contributed by atoms with van der Waals surface area (Å²) in [4.78, 5) is 16.7. The smallest absolute Gasteiger partial charge is 0.320 e. The number of likely N-dealkylation sites (tertiary alicyclic amines) is 1. The highest BCUT2D eigenvalue weighted by Gasteiger charge is 2.35. The van der Waals surface area contributed by atoms with E-state index in [1.807, 2.05) is 47.4 Å². The van der Waals surface area contributed by atoms with Crippen LogP contribution in [0.4, 0.5) is 4.79 Å². The van der Waals surface area contributed by atoms with E-state index < -0.39 is 9.84 Å². The lowest BCUT2D eigenvalue weighted by molar-refractivity contribution is 0.0762. The van der Waals surface area contributed by atoms with Crippen LogP contribution in [0.5, 0.6) is 5.75 Å². The SMILES string of the molecule is NCc1cccc(OC2CC(c3ccccc3)CN(C(=O)N3CCS(=O)(=O)CC3)C2)c1.